The first-order valence-corrected chi connectivity index (χ1v) is 5.58. The third-order valence-corrected chi connectivity index (χ3v) is 2.38. The van der Waals surface area contributed by atoms with Gasteiger partial charge in [-0.15, -0.1) is 0 Å². The van der Waals surface area contributed by atoms with Crippen LogP contribution in [0, 0.1) is 25.2 Å². The van der Waals surface area contributed by atoms with E-state index in [2.05, 4.69) is 16.7 Å². The minimum Gasteiger partial charge on any atom is -0.376 e. The third kappa shape index (κ3) is 4.56. The van der Waals surface area contributed by atoms with E-state index in [9.17, 15) is 4.79 Å². The summed E-state index contributed by atoms with van der Waals surface area (Å²) >= 11 is 0. The monoisotopic (exact) mass is 231 g/mol. The Morgan fingerprint density at radius 2 is 2.18 bits per heavy atom. The molecule has 0 aliphatic heterocycles. The Bertz CT molecular complexity index is 435. The van der Waals surface area contributed by atoms with Gasteiger partial charge in [0.25, 0.3) is 0 Å². The minimum atomic E-state index is -0.0970. The van der Waals surface area contributed by atoms with Crippen molar-refractivity contribution in [2.75, 3.05) is 18.4 Å². The lowest BCUT2D eigenvalue weighted by Crippen LogP contribution is -2.30. The molecule has 1 rings (SSSR count). The van der Waals surface area contributed by atoms with E-state index >= 15 is 0 Å². The van der Waals surface area contributed by atoms with Crippen molar-refractivity contribution in [1.82, 2.24) is 5.32 Å². The SMILES string of the molecule is Cc1ccc(NCC(=O)NCCC#N)c(C)c1. The number of nitrogens with one attached hydrogen (secondary N) is 2. The lowest BCUT2D eigenvalue weighted by Gasteiger charge is -2.10. The van der Waals surface area contributed by atoms with Gasteiger partial charge in [-0.3, -0.25) is 4.79 Å². The van der Waals surface area contributed by atoms with E-state index in [1.165, 1.54) is 5.56 Å². The van der Waals surface area contributed by atoms with E-state index in [0.29, 0.717) is 13.0 Å². The molecule has 4 heteroatoms. The van der Waals surface area contributed by atoms with Gasteiger partial charge in [-0.25, -0.2) is 0 Å². The lowest BCUT2D eigenvalue weighted by molar-refractivity contribution is -0.119. The number of nitrogens with zero attached hydrogens (tertiary/aromatic N) is 1. The average Bonchev–Trinajstić information content (AvgIpc) is 2.28. The molecule has 0 saturated heterocycles. The zero-order chi connectivity index (χ0) is 12.7. The van der Waals surface area contributed by atoms with Gasteiger partial charge in [0.15, 0.2) is 0 Å². The van der Waals surface area contributed by atoms with Gasteiger partial charge in [0.1, 0.15) is 0 Å². The fourth-order valence-electron chi connectivity index (χ4n) is 1.51. The highest BCUT2D eigenvalue weighted by atomic mass is 16.1. The summed E-state index contributed by atoms with van der Waals surface area (Å²) in [6, 6.07) is 8.01. The van der Waals surface area contributed by atoms with E-state index in [1.807, 2.05) is 32.0 Å². The number of benzene rings is 1. The molecular formula is C13H17N3O. The highest BCUT2D eigenvalue weighted by molar-refractivity contribution is 5.80. The van der Waals surface area contributed by atoms with Gasteiger partial charge in [0, 0.05) is 12.2 Å². The summed E-state index contributed by atoms with van der Waals surface area (Å²) in [7, 11) is 0. The predicted octanol–water partition coefficient (Wildman–Crippen LogP) is 1.75. The number of amides is 1. The van der Waals surface area contributed by atoms with Crippen molar-refractivity contribution in [2.24, 2.45) is 0 Å². The molecule has 0 heterocycles. The summed E-state index contributed by atoms with van der Waals surface area (Å²) in [5, 5.41) is 14.1. The molecule has 0 unspecified atom stereocenters. The van der Waals surface area contributed by atoms with Crippen LogP contribution in [0.2, 0.25) is 0 Å². The molecule has 0 aliphatic rings. The van der Waals surface area contributed by atoms with Gasteiger partial charge in [-0.2, -0.15) is 5.26 Å². The first-order valence-electron chi connectivity index (χ1n) is 5.58. The highest BCUT2D eigenvalue weighted by Gasteiger charge is 2.02. The van der Waals surface area contributed by atoms with Crippen LogP contribution >= 0.6 is 0 Å². The van der Waals surface area contributed by atoms with Crippen molar-refractivity contribution in [1.29, 1.82) is 5.26 Å². The van der Waals surface area contributed by atoms with Gasteiger partial charge < -0.3 is 10.6 Å². The fraction of sp³-hybridized carbons (Fsp3) is 0.385. The van der Waals surface area contributed by atoms with Crippen LogP contribution in [0.4, 0.5) is 5.69 Å². The molecule has 4 nitrogen and oxygen atoms in total. The van der Waals surface area contributed by atoms with E-state index in [-0.39, 0.29) is 12.5 Å². The van der Waals surface area contributed by atoms with Crippen LogP contribution in [-0.4, -0.2) is 19.0 Å². The Kier molecular flexibility index (Phi) is 5.02. The molecule has 0 radical (unpaired) electrons. The second kappa shape index (κ2) is 6.54. The molecule has 17 heavy (non-hydrogen) atoms. The zero-order valence-electron chi connectivity index (χ0n) is 10.2. The van der Waals surface area contributed by atoms with E-state index < -0.39 is 0 Å². The molecule has 0 aromatic heterocycles. The van der Waals surface area contributed by atoms with E-state index in [1.54, 1.807) is 0 Å². The maximum atomic E-state index is 11.4. The van der Waals surface area contributed by atoms with Crippen LogP contribution in [0.1, 0.15) is 17.5 Å². The molecule has 0 saturated carbocycles. The topological polar surface area (TPSA) is 64.9 Å². The normalized spacial score (nSPS) is 9.47. The minimum absolute atomic E-state index is 0.0970. The molecule has 1 aromatic rings. The van der Waals surface area contributed by atoms with Gasteiger partial charge in [-0.1, -0.05) is 17.7 Å². The number of carbonyl (C=O) groups is 1. The molecule has 0 bridgehead atoms. The van der Waals surface area contributed by atoms with Crippen LogP contribution in [-0.2, 0) is 4.79 Å². The summed E-state index contributed by atoms with van der Waals surface area (Å²) < 4.78 is 0. The molecule has 0 atom stereocenters. The number of hydrogen-bond acceptors (Lipinski definition) is 3. The summed E-state index contributed by atoms with van der Waals surface area (Å²) in [6.07, 6.45) is 0.343. The van der Waals surface area contributed by atoms with Crippen LogP contribution in [0.25, 0.3) is 0 Å². The Balaban J connectivity index is 2.40. The summed E-state index contributed by atoms with van der Waals surface area (Å²) in [5.74, 6) is -0.0970. The Hall–Kier alpha value is -2.02. The Morgan fingerprint density at radius 3 is 2.82 bits per heavy atom. The van der Waals surface area contributed by atoms with Crippen molar-refractivity contribution >= 4 is 11.6 Å². The van der Waals surface area contributed by atoms with Crippen LogP contribution in [0.5, 0.6) is 0 Å². The quantitative estimate of drug-likeness (QED) is 0.759. The van der Waals surface area contributed by atoms with Gasteiger partial charge >= 0.3 is 0 Å². The standard InChI is InChI=1S/C13H17N3O/c1-10-4-5-12(11(2)8-10)16-9-13(17)15-7-3-6-14/h4-5,8,16H,3,7,9H2,1-2H3,(H,15,17). The van der Waals surface area contributed by atoms with Crippen LogP contribution in [0.3, 0.4) is 0 Å². The lowest BCUT2D eigenvalue weighted by atomic mass is 10.1. The van der Waals surface area contributed by atoms with Crippen molar-refractivity contribution in [3.63, 3.8) is 0 Å². The van der Waals surface area contributed by atoms with Crippen molar-refractivity contribution in [3.8, 4) is 6.07 Å². The summed E-state index contributed by atoms with van der Waals surface area (Å²) in [4.78, 5) is 11.4. The number of aryl methyl sites for hydroxylation is 2. The number of hydrogen-bond donors (Lipinski definition) is 2. The van der Waals surface area contributed by atoms with E-state index in [0.717, 1.165) is 11.3 Å². The smallest absolute Gasteiger partial charge is 0.239 e. The predicted molar refractivity (Wildman–Crippen MR) is 67.6 cm³/mol. The maximum absolute atomic E-state index is 11.4. The van der Waals surface area contributed by atoms with Crippen LogP contribution in [0.15, 0.2) is 18.2 Å². The molecule has 1 amide bonds. The second-order valence-electron chi connectivity index (χ2n) is 3.93. The second-order valence-corrected chi connectivity index (χ2v) is 3.93. The number of nitriles is 1. The molecule has 2 N–H and O–H groups in total. The molecule has 0 spiro atoms. The zero-order valence-corrected chi connectivity index (χ0v) is 10.2. The number of rotatable bonds is 5. The van der Waals surface area contributed by atoms with Gasteiger partial charge in [0.05, 0.1) is 19.0 Å². The fourth-order valence-corrected chi connectivity index (χ4v) is 1.51. The first kappa shape index (κ1) is 13.0. The Morgan fingerprint density at radius 1 is 1.41 bits per heavy atom. The molecule has 90 valence electrons. The summed E-state index contributed by atoms with van der Waals surface area (Å²) in [5.41, 5.74) is 3.28. The third-order valence-electron chi connectivity index (χ3n) is 2.38. The van der Waals surface area contributed by atoms with Crippen molar-refractivity contribution in [2.45, 2.75) is 20.3 Å². The number of anilines is 1. The molecule has 1 aromatic carbocycles. The van der Waals surface area contributed by atoms with Gasteiger partial charge in [-0.05, 0) is 25.5 Å². The highest BCUT2D eigenvalue weighted by Crippen LogP contribution is 2.15. The first-order chi connectivity index (χ1) is 8.13. The largest absolute Gasteiger partial charge is 0.376 e. The maximum Gasteiger partial charge on any atom is 0.239 e. The van der Waals surface area contributed by atoms with E-state index in [4.69, 9.17) is 5.26 Å². The summed E-state index contributed by atoms with van der Waals surface area (Å²) in [6.45, 7) is 4.67. The molecule has 0 aliphatic carbocycles. The van der Waals surface area contributed by atoms with Crippen molar-refractivity contribution in [3.05, 3.63) is 29.3 Å². The Labute approximate surface area is 102 Å². The molecule has 0 fully saturated rings. The average molecular weight is 231 g/mol. The molecular weight excluding hydrogens is 214 g/mol. The van der Waals surface area contributed by atoms with Crippen LogP contribution < -0.4 is 10.6 Å². The number of carbonyl (C=O) groups excluding carboxylic acids is 1. The van der Waals surface area contributed by atoms with Gasteiger partial charge in [0.2, 0.25) is 5.91 Å². The van der Waals surface area contributed by atoms with Crippen molar-refractivity contribution < 1.29 is 4.79 Å².